The highest BCUT2D eigenvalue weighted by molar-refractivity contribution is 7.92. The predicted molar refractivity (Wildman–Crippen MR) is 75.5 cm³/mol. The smallest absolute Gasteiger partial charge is 0.154 e. The molecule has 3 atom stereocenters. The van der Waals surface area contributed by atoms with Gasteiger partial charge in [0.1, 0.15) is 0 Å². The molecule has 2 aliphatic heterocycles. The number of sulfone groups is 1. The minimum absolute atomic E-state index is 0.166. The zero-order chi connectivity index (χ0) is 14.4. The van der Waals surface area contributed by atoms with E-state index in [1.807, 2.05) is 0 Å². The Morgan fingerprint density at radius 3 is 2.85 bits per heavy atom. The normalized spacial score (nSPS) is 30.6. The van der Waals surface area contributed by atoms with Crippen molar-refractivity contribution in [3.63, 3.8) is 0 Å². The zero-order valence-corrected chi connectivity index (χ0v) is 12.6. The second-order valence-corrected chi connectivity index (χ2v) is 8.02. The average Bonchev–Trinajstić information content (AvgIpc) is 3.00. The van der Waals surface area contributed by atoms with Crippen molar-refractivity contribution in [2.24, 2.45) is 0 Å². The maximum absolute atomic E-state index is 11.6. The first-order valence-electron chi connectivity index (χ1n) is 7.37. The lowest BCUT2D eigenvalue weighted by Crippen LogP contribution is -2.37. The van der Waals surface area contributed by atoms with E-state index in [9.17, 15) is 13.5 Å². The topological polar surface area (TPSA) is 84.9 Å². The minimum Gasteiger partial charge on any atom is -0.389 e. The van der Waals surface area contributed by atoms with E-state index in [0.29, 0.717) is 25.4 Å². The number of hydrogen-bond donors (Lipinski definition) is 2. The molecule has 0 saturated carbocycles. The lowest BCUT2D eigenvalue weighted by atomic mass is 10.2. The quantitative estimate of drug-likeness (QED) is 0.641. The van der Waals surface area contributed by atoms with Gasteiger partial charge in [-0.25, -0.2) is 8.42 Å². The molecule has 118 valence electrons. The Morgan fingerprint density at radius 2 is 2.20 bits per heavy atom. The molecule has 2 heterocycles. The molecule has 0 aromatic heterocycles. The Bertz CT molecular complexity index is 380. The van der Waals surface area contributed by atoms with Crippen LogP contribution in [0, 0.1) is 0 Å². The summed E-state index contributed by atoms with van der Waals surface area (Å²) in [7, 11) is -2.90. The van der Waals surface area contributed by atoms with Crippen molar-refractivity contribution in [1.82, 2.24) is 5.32 Å². The van der Waals surface area contributed by atoms with Crippen LogP contribution in [0.25, 0.3) is 0 Å². The number of aliphatic hydroxyl groups excluding tert-OH is 1. The predicted octanol–water partition coefficient (Wildman–Crippen LogP) is -0.290. The van der Waals surface area contributed by atoms with Gasteiger partial charge in [0.25, 0.3) is 0 Å². The average molecular weight is 307 g/mol. The van der Waals surface area contributed by atoms with E-state index < -0.39 is 15.9 Å². The third-order valence-electron chi connectivity index (χ3n) is 3.85. The van der Waals surface area contributed by atoms with E-state index in [1.165, 1.54) is 0 Å². The van der Waals surface area contributed by atoms with E-state index >= 15 is 0 Å². The Morgan fingerprint density at radius 1 is 1.35 bits per heavy atom. The molecule has 0 spiro atoms. The van der Waals surface area contributed by atoms with Crippen molar-refractivity contribution >= 4 is 9.84 Å². The number of nitrogens with one attached hydrogen (secondary N) is 1. The van der Waals surface area contributed by atoms with Gasteiger partial charge in [0.15, 0.2) is 9.84 Å². The van der Waals surface area contributed by atoms with Gasteiger partial charge in [-0.05, 0) is 25.7 Å². The van der Waals surface area contributed by atoms with Crippen LogP contribution in [0.3, 0.4) is 0 Å². The van der Waals surface area contributed by atoms with Crippen LogP contribution in [-0.4, -0.2) is 69.6 Å². The first-order valence-corrected chi connectivity index (χ1v) is 9.09. The summed E-state index contributed by atoms with van der Waals surface area (Å²) in [5, 5.41) is 12.5. The van der Waals surface area contributed by atoms with Gasteiger partial charge in [0, 0.05) is 19.7 Å². The van der Waals surface area contributed by atoms with Gasteiger partial charge < -0.3 is 19.9 Å². The number of ether oxygens (including phenoxy) is 2. The highest BCUT2D eigenvalue weighted by Crippen LogP contribution is 2.18. The highest BCUT2D eigenvalue weighted by Gasteiger charge is 2.30. The van der Waals surface area contributed by atoms with Gasteiger partial charge >= 0.3 is 0 Å². The fraction of sp³-hybridized carbons (Fsp3) is 1.00. The first-order chi connectivity index (χ1) is 9.58. The molecule has 3 unspecified atom stereocenters. The molecule has 2 aliphatic rings. The van der Waals surface area contributed by atoms with Gasteiger partial charge in [-0.3, -0.25) is 0 Å². The van der Waals surface area contributed by atoms with Crippen molar-refractivity contribution in [2.45, 2.75) is 43.1 Å². The molecule has 20 heavy (non-hydrogen) atoms. The van der Waals surface area contributed by atoms with E-state index in [4.69, 9.17) is 9.47 Å². The van der Waals surface area contributed by atoms with Crippen LogP contribution < -0.4 is 5.32 Å². The SMILES string of the molecule is O=S1(=O)CCCC1CNCC(O)COCC1CCCO1. The lowest BCUT2D eigenvalue weighted by molar-refractivity contribution is -0.0163. The van der Waals surface area contributed by atoms with Crippen LogP contribution in [-0.2, 0) is 19.3 Å². The Hall–Kier alpha value is -0.210. The second kappa shape index (κ2) is 7.70. The summed E-state index contributed by atoms with van der Waals surface area (Å²) in [5.41, 5.74) is 0. The number of rotatable bonds is 8. The standard InChI is InChI=1S/C13H25NO5S/c15-11(9-18-10-12-3-1-5-19-12)7-14-8-13-4-2-6-20(13,16)17/h11-15H,1-10H2. The Kier molecular flexibility index (Phi) is 6.22. The van der Waals surface area contributed by atoms with Crippen molar-refractivity contribution in [2.75, 3.05) is 38.7 Å². The molecule has 0 aliphatic carbocycles. The third kappa shape index (κ3) is 4.96. The molecule has 2 saturated heterocycles. The van der Waals surface area contributed by atoms with Crippen LogP contribution in [0.2, 0.25) is 0 Å². The first kappa shape index (κ1) is 16.2. The molecule has 0 aromatic carbocycles. The molecular weight excluding hydrogens is 282 g/mol. The molecule has 2 rings (SSSR count). The van der Waals surface area contributed by atoms with Gasteiger partial charge in [0.05, 0.1) is 36.4 Å². The van der Waals surface area contributed by atoms with Crippen molar-refractivity contribution in [3.05, 3.63) is 0 Å². The summed E-state index contributed by atoms with van der Waals surface area (Å²) in [5.74, 6) is 0.298. The molecule has 2 fully saturated rings. The Labute approximate surface area is 120 Å². The number of hydrogen-bond acceptors (Lipinski definition) is 6. The van der Waals surface area contributed by atoms with Crippen LogP contribution in [0.4, 0.5) is 0 Å². The molecule has 0 radical (unpaired) electrons. The zero-order valence-electron chi connectivity index (χ0n) is 11.8. The maximum Gasteiger partial charge on any atom is 0.154 e. The molecule has 0 amide bonds. The molecule has 6 nitrogen and oxygen atoms in total. The summed E-state index contributed by atoms with van der Waals surface area (Å²) >= 11 is 0. The van der Waals surface area contributed by atoms with Crippen molar-refractivity contribution < 1.29 is 23.0 Å². The van der Waals surface area contributed by atoms with Gasteiger partial charge in [0.2, 0.25) is 0 Å². The van der Waals surface area contributed by atoms with Crippen LogP contribution in [0.15, 0.2) is 0 Å². The van der Waals surface area contributed by atoms with E-state index in [2.05, 4.69) is 5.32 Å². The highest BCUT2D eigenvalue weighted by atomic mass is 32.2. The summed E-state index contributed by atoms with van der Waals surface area (Å²) in [6.07, 6.45) is 3.13. The van der Waals surface area contributed by atoms with E-state index in [1.54, 1.807) is 0 Å². The molecule has 0 aromatic rings. The summed E-state index contributed by atoms with van der Waals surface area (Å²) in [6.45, 7) is 2.36. The molecule has 7 heteroatoms. The molecule has 2 N–H and O–H groups in total. The van der Waals surface area contributed by atoms with Crippen molar-refractivity contribution in [1.29, 1.82) is 0 Å². The largest absolute Gasteiger partial charge is 0.389 e. The fourth-order valence-electron chi connectivity index (χ4n) is 2.67. The summed E-state index contributed by atoms with van der Waals surface area (Å²) < 4.78 is 34.1. The fourth-order valence-corrected chi connectivity index (χ4v) is 4.47. The monoisotopic (exact) mass is 307 g/mol. The third-order valence-corrected chi connectivity index (χ3v) is 6.13. The lowest BCUT2D eigenvalue weighted by Gasteiger charge is -2.16. The van der Waals surface area contributed by atoms with E-state index in [-0.39, 0.29) is 18.0 Å². The van der Waals surface area contributed by atoms with E-state index in [0.717, 1.165) is 32.3 Å². The summed E-state index contributed by atoms with van der Waals surface area (Å²) in [6, 6.07) is 0. The maximum atomic E-state index is 11.6. The Balaban J connectivity index is 1.52. The van der Waals surface area contributed by atoms with Crippen molar-refractivity contribution in [3.8, 4) is 0 Å². The number of aliphatic hydroxyl groups is 1. The van der Waals surface area contributed by atoms with Gasteiger partial charge in [-0.1, -0.05) is 0 Å². The van der Waals surface area contributed by atoms with Crippen LogP contribution in [0.5, 0.6) is 0 Å². The van der Waals surface area contributed by atoms with Gasteiger partial charge in [-0.15, -0.1) is 0 Å². The second-order valence-electron chi connectivity index (χ2n) is 5.62. The van der Waals surface area contributed by atoms with Crippen LogP contribution >= 0.6 is 0 Å². The minimum atomic E-state index is -2.90. The van der Waals surface area contributed by atoms with Crippen LogP contribution in [0.1, 0.15) is 25.7 Å². The summed E-state index contributed by atoms with van der Waals surface area (Å²) in [4.78, 5) is 0. The molecular formula is C13H25NO5S. The van der Waals surface area contributed by atoms with Gasteiger partial charge in [-0.2, -0.15) is 0 Å². The molecule has 0 bridgehead atoms.